The number of amides is 1. The number of nitrogens with zero attached hydrogens (tertiary/aromatic N) is 2. The fourth-order valence-electron chi connectivity index (χ4n) is 2.73. The van der Waals surface area contributed by atoms with Crippen LogP contribution in [0.4, 0.5) is 11.5 Å². The Morgan fingerprint density at radius 1 is 1.24 bits per heavy atom. The van der Waals surface area contributed by atoms with Crippen LogP contribution in [0.3, 0.4) is 0 Å². The summed E-state index contributed by atoms with van der Waals surface area (Å²) in [6.07, 6.45) is -0.759. The van der Waals surface area contributed by atoms with Gasteiger partial charge in [0.15, 0.2) is 18.5 Å². The van der Waals surface area contributed by atoms with Crippen LogP contribution < -0.4 is 14.4 Å². The molecule has 0 saturated heterocycles. The van der Waals surface area contributed by atoms with E-state index in [2.05, 4.69) is 10.5 Å². The molecule has 1 amide bonds. The van der Waals surface area contributed by atoms with Gasteiger partial charge in [0.2, 0.25) is 0 Å². The maximum atomic E-state index is 12.6. The van der Waals surface area contributed by atoms with E-state index < -0.39 is 34.6 Å². The second kappa shape index (κ2) is 10.5. The molecule has 10 nitrogen and oxygen atoms in total. The number of benzene rings is 1. The lowest BCUT2D eigenvalue weighted by atomic mass is 10.2. The number of aromatic nitrogens is 1. The lowest BCUT2D eigenvalue weighted by Gasteiger charge is -2.19. The SMILES string of the molecule is CCC(OC(=O)COc1ccc(N(C)S(=O)(=O)c2cccs2)cc1)C(=O)Nc1cc(C)on1. The molecule has 0 aliphatic rings. The standard InChI is InChI=1S/C21H23N3O7S2/c1-4-17(21(26)22-18-12-14(2)31-23-18)30-19(25)13-29-16-9-7-15(8-10-16)24(3)33(27,28)20-6-5-11-32-20/h5-12,17H,4,13H2,1-3H3,(H,22,23,26). The van der Waals surface area contributed by atoms with Crippen molar-refractivity contribution in [3.8, 4) is 5.75 Å². The number of ether oxygens (including phenoxy) is 2. The van der Waals surface area contributed by atoms with Gasteiger partial charge in [-0.2, -0.15) is 0 Å². The predicted octanol–water partition coefficient (Wildman–Crippen LogP) is 3.21. The molecule has 0 aliphatic heterocycles. The monoisotopic (exact) mass is 493 g/mol. The molecule has 0 fully saturated rings. The van der Waals surface area contributed by atoms with Crippen LogP contribution in [0.25, 0.3) is 0 Å². The van der Waals surface area contributed by atoms with Gasteiger partial charge >= 0.3 is 5.97 Å². The van der Waals surface area contributed by atoms with Crippen molar-refractivity contribution in [3.05, 3.63) is 53.6 Å². The summed E-state index contributed by atoms with van der Waals surface area (Å²) in [4.78, 5) is 24.4. The number of hydrogen-bond acceptors (Lipinski definition) is 9. The summed E-state index contributed by atoms with van der Waals surface area (Å²) in [6.45, 7) is 2.96. The van der Waals surface area contributed by atoms with E-state index in [1.165, 1.54) is 13.1 Å². The van der Waals surface area contributed by atoms with Crippen molar-refractivity contribution in [1.29, 1.82) is 0 Å². The summed E-state index contributed by atoms with van der Waals surface area (Å²) >= 11 is 1.13. The second-order valence-corrected chi connectivity index (χ2v) is 10.0. The smallest absolute Gasteiger partial charge is 0.344 e. The van der Waals surface area contributed by atoms with E-state index in [1.54, 1.807) is 55.6 Å². The highest BCUT2D eigenvalue weighted by Gasteiger charge is 2.23. The molecule has 12 heteroatoms. The highest BCUT2D eigenvalue weighted by atomic mass is 32.2. The summed E-state index contributed by atoms with van der Waals surface area (Å²) in [6, 6.07) is 11.0. The Balaban J connectivity index is 1.53. The van der Waals surface area contributed by atoms with Crippen LogP contribution in [0, 0.1) is 6.92 Å². The van der Waals surface area contributed by atoms with Crippen LogP contribution in [-0.4, -0.2) is 45.2 Å². The van der Waals surface area contributed by atoms with Gasteiger partial charge in [-0.3, -0.25) is 9.10 Å². The number of thiophene rings is 1. The van der Waals surface area contributed by atoms with Gasteiger partial charge in [0.1, 0.15) is 15.7 Å². The normalized spacial score (nSPS) is 12.1. The minimum absolute atomic E-state index is 0.231. The molecule has 1 unspecified atom stereocenters. The van der Waals surface area contributed by atoms with E-state index in [0.29, 0.717) is 17.2 Å². The van der Waals surface area contributed by atoms with E-state index in [1.807, 2.05) is 0 Å². The highest BCUT2D eigenvalue weighted by molar-refractivity contribution is 7.94. The number of rotatable bonds is 10. The Labute approximate surface area is 195 Å². The van der Waals surface area contributed by atoms with Gasteiger partial charge in [-0.25, -0.2) is 13.2 Å². The van der Waals surface area contributed by atoms with Gasteiger partial charge in [0, 0.05) is 13.1 Å². The van der Waals surface area contributed by atoms with Crippen molar-refractivity contribution in [2.45, 2.75) is 30.6 Å². The van der Waals surface area contributed by atoms with Crippen molar-refractivity contribution in [1.82, 2.24) is 5.16 Å². The summed E-state index contributed by atoms with van der Waals surface area (Å²) < 4.78 is 42.1. The molecule has 0 aliphatic carbocycles. The third kappa shape index (κ3) is 6.11. The molecular formula is C21H23N3O7S2. The van der Waals surface area contributed by atoms with E-state index in [4.69, 9.17) is 14.0 Å². The third-order valence-corrected chi connectivity index (χ3v) is 7.64. The molecule has 1 N–H and O–H groups in total. The molecule has 176 valence electrons. The van der Waals surface area contributed by atoms with Gasteiger partial charge < -0.3 is 19.3 Å². The van der Waals surface area contributed by atoms with Gasteiger partial charge in [0.05, 0.1) is 5.69 Å². The lowest BCUT2D eigenvalue weighted by molar-refractivity contribution is -0.156. The number of nitrogens with one attached hydrogen (secondary N) is 1. The number of anilines is 2. The minimum Gasteiger partial charge on any atom is -0.482 e. The van der Waals surface area contributed by atoms with E-state index >= 15 is 0 Å². The first-order valence-corrected chi connectivity index (χ1v) is 12.2. The maximum Gasteiger partial charge on any atom is 0.344 e. The second-order valence-electron chi connectivity index (χ2n) is 6.89. The quantitative estimate of drug-likeness (QED) is 0.427. The Morgan fingerprint density at radius 3 is 2.55 bits per heavy atom. The van der Waals surface area contributed by atoms with Crippen molar-refractivity contribution in [3.63, 3.8) is 0 Å². The van der Waals surface area contributed by atoms with Gasteiger partial charge in [-0.15, -0.1) is 11.3 Å². The molecule has 0 saturated carbocycles. The molecule has 3 aromatic rings. The largest absolute Gasteiger partial charge is 0.482 e. The molecular weight excluding hydrogens is 470 g/mol. The molecule has 0 radical (unpaired) electrons. The van der Waals surface area contributed by atoms with Gasteiger partial charge in [-0.05, 0) is 49.1 Å². The minimum atomic E-state index is -3.64. The molecule has 2 heterocycles. The Morgan fingerprint density at radius 2 is 1.97 bits per heavy atom. The number of sulfonamides is 1. The predicted molar refractivity (Wildman–Crippen MR) is 122 cm³/mol. The summed E-state index contributed by atoms with van der Waals surface area (Å²) in [7, 11) is -2.19. The molecule has 33 heavy (non-hydrogen) atoms. The zero-order chi connectivity index (χ0) is 24.0. The van der Waals surface area contributed by atoms with Crippen LogP contribution in [0.2, 0.25) is 0 Å². The first kappa shape index (κ1) is 24.3. The average molecular weight is 494 g/mol. The fourth-order valence-corrected chi connectivity index (χ4v) is 5.08. The molecule has 3 rings (SSSR count). The Kier molecular flexibility index (Phi) is 7.71. The van der Waals surface area contributed by atoms with Crippen LogP contribution in [-0.2, 0) is 24.3 Å². The van der Waals surface area contributed by atoms with Crippen LogP contribution in [0.5, 0.6) is 5.75 Å². The topological polar surface area (TPSA) is 128 Å². The summed E-state index contributed by atoms with van der Waals surface area (Å²) in [5.74, 6) is -0.152. The van der Waals surface area contributed by atoms with Gasteiger partial charge in [0.25, 0.3) is 15.9 Å². The number of aryl methyl sites for hydroxylation is 1. The van der Waals surface area contributed by atoms with Crippen molar-refractivity contribution >= 4 is 44.7 Å². The van der Waals surface area contributed by atoms with Crippen molar-refractivity contribution < 1.29 is 32.0 Å². The Bertz CT molecular complexity index is 1190. The van der Waals surface area contributed by atoms with Crippen LogP contribution >= 0.6 is 11.3 Å². The van der Waals surface area contributed by atoms with E-state index in [-0.39, 0.29) is 16.4 Å². The number of carbonyl (C=O) groups is 2. The van der Waals surface area contributed by atoms with Crippen LogP contribution in [0.15, 0.2) is 56.6 Å². The first-order valence-electron chi connectivity index (χ1n) is 9.89. The number of carbonyl (C=O) groups excluding carboxylic acids is 2. The molecule has 2 aromatic heterocycles. The van der Waals surface area contributed by atoms with E-state index in [0.717, 1.165) is 15.6 Å². The zero-order valence-electron chi connectivity index (χ0n) is 18.2. The van der Waals surface area contributed by atoms with Gasteiger partial charge in [-0.1, -0.05) is 18.1 Å². The summed E-state index contributed by atoms with van der Waals surface area (Å²) in [5, 5.41) is 7.87. The zero-order valence-corrected chi connectivity index (χ0v) is 19.8. The Hall–Kier alpha value is -3.38. The fraction of sp³-hybridized carbons (Fsp3) is 0.286. The number of hydrogen-bond donors (Lipinski definition) is 1. The first-order chi connectivity index (χ1) is 15.7. The molecule has 1 aromatic carbocycles. The van der Waals surface area contributed by atoms with Crippen molar-refractivity contribution in [2.24, 2.45) is 0 Å². The van der Waals surface area contributed by atoms with E-state index in [9.17, 15) is 18.0 Å². The molecule has 0 bridgehead atoms. The maximum absolute atomic E-state index is 12.6. The molecule has 0 spiro atoms. The third-order valence-electron chi connectivity index (χ3n) is 4.48. The highest BCUT2D eigenvalue weighted by Crippen LogP contribution is 2.26. The average Bonchev–Trinajstić information content (AvgIpc) is 3.48. The van der Waals surface area contributed by atoms with Crippen molar-refractivity contribution in [2.75, 3.05) is 23.3 Å². The molecule has 1 atom stereocenters. The lowest BCUT2D eigenvalue weighted by Crippen LogP contribution is -2.33. The van der Waals surface area contributed by atoms with Crippen LogP contribution in [0.1, 0.15) is 19.1 Å². The summed E-state index contributed by atoms with van der Waals surface area (Å²) in [5.41, 5.74) is 0.434. The number of esters is 1.